The van der Waals surface area contributed by atoms with E-state index in [0.29, 0.717) is 5.11 Å². The van der Waals surface area contributed by atoms with Crippen LogP contribution in [0.2, 0.25) is 0 Å². The third kappa shape index (κ3) is 3.96. The van der Waals surface area contributed by atoms with Crippen LogP contribution in [0.4, 0.5) is 5.69 Å². The molecule has 0 amide bonds. The number of hydrogen-bond donors (Lipinski definition) is 4. The Morgan fingerprint density at radius 2 is 1.83 bits per heavy atom. The molecule has 0 saturated carbocycles. The Labute approximate surface area is 121 Å². The minimum atomic E-state index is -0.166. The van der Waals surface area contributed by atoms with Gasteiger partial charge in [-0.3, -0.25) is 5.41 Å². The lowest BCUT2D eigenvalue weighted by molar-refractivity contribution is 1.08. The van der Waals surface area contributed by atoms with E-state index in [9.17, 15) is 0 Å². The van der Waals surface area contributed by atoms with Gasteiger partial charge < -0.3 is 16.4 Å². The molecule has 0 aliphatic heterocycles. The van der Waals surface area contributed by atoms with Crippen molar-refractivity contribution in [1.29, 1.82) is 5.41 Å². The molecule has 1 aromatic rings. The molecule has 4 nitrogen and oxygen atoms in total. The van der Waals surface area contributed by atoms with Gasteiger partial charge in [-0.05, 0) is 48.3 Å². The molecule has 98 valence electrons. The lowest BCUT2D eigenvalue weighted by Crippen LogP contribution is -2.38. The quantitative estimate of drug-likeness (QED) is 0.391. The van der Waals surface area contributed by atoms with Crippen molar-refractivity contribution in [3.05, 3.63) is 27.7 Å². The Balaban J connectivity index is 3.05. The number of benzene rings is 1. The van der Waals surface area contributed by atoms with E-state index in [1.807, 2.05) is 0 Å². The summed E-state index contributed by atoms with van der Waals surface area (Å²) in [5, 5.41) is 13.2. The minimum absolute atomic E-state index is 0.166. The summed E-state index contributed by atoms with van der Waals surface area (Å²) >= 11 is 8.61. The summed E-state index contributed by atoms with van der Waals surface area (Å²) in [7, 11) is 0. The summed E-state index contributed by atoms with van der Waals surface area (Å²) in [6, 6.07) is 4.13. The van der Waals surface area contributed by atoms with E-state index in [1.165, 1.54) is 11.1 Å². The van der Waals surface area contributed by atoms with E-state index in [2.05, 4.69) is 52.5 Å². The van der Waals surface area contributed by atoms with Crippen LogP contribution >= 0.6 is 28.1 Å². The zero-order valence-electron chi connectivity index (χ0n) is 10.4. The van der Waals surface area contributed by atoms with E-state index >= 15 is 0 Å². The standard InChI is InChI=1S/C12H17BrN4S/c1-3-7-5-9(13)6-8(4-2)10(7)16-12(18)17-11(14)15/h5-6H,3-4H2,1-2H3,(H5,14,15,16,17,18). The number of thiocarbonyl (C=S) groups is 1. The Morgan fingerprint density at radius 1 is 1.33 bits per heavy atom. The summed E-state index contributed by atoms with van der Waals surface area (Å²) < 4.78 is 1.06. The van der Waals surface area contributed by atoms with E-state index in [4.69, 9.17) is 23.4 Å². The first-order chi connectivity index (χ1) is 8.47. The zero-order valence-corrected chi connectivity index (χ0v) is 12.8. The highest BCUT2D eigenvalue weighted by molar-refractivity contribution is 9.10. The predicted molar refractivity (Wildman–Crippen MR) is 84.2 cm³/mol. The van der Waals surface area contributed by atoms with Crippen LogP contribution in [0.3, 0.4) is 0 Å². The number of guanidine groups is 1. The molecular formula is C12H17BrN4S. The first kappa shape index (κ1) is 14.9. The first-order valence-corrected chi connectivity index (χ1v) is 6.91. The molecule has 0 atom stereocenters. The van der Waals surface area contributed by atoms with Gasteiger partial charge >= 0.3 is 0 Å². The van der Waals surface area contributed by atoms with Crippen molar-refractivity contribution in [3.63, 3.8) is 0 Å². The van der Waals surface area contributed by atoms with Crippen molar-refractivity contribution in [2.24, 2.45) is 5.73 Å². The number of halogens is 1. The van der Waals surface area contributed by atoms with Crippen LogP contribution < -0.4 is 16.4 Å². The number of aryl methyl sites for hydroxylation is 2. The lowest BCUT2D eigenvalue weighted by Gasteiger charge is -2.17. The summed E-state index contributed by atoms with van der Waals surface area (Å²) in [4.78, 5) is 0. The SMILES string of the molecule is CCc1cc(Br)cc(CC)c1NC(=S)NC(=N)N. The van der Waals surface area contributed by atoms with Crippen LogP contribution in [0.25, 0.3) is 0 Å². The molecule has 1 aromatic carbocycles. The molecule has 5 N–H and O–H groups in total. The maximum atomic E-state index is 7.15. The smallest absolute Gasteiger partial charge is 0.192 e. The van der Waals surface area contributed by atoms with Crippen LogP contribution in [-0.2, 0) is 12.8 Å². The molecule has 0 aromatic heterocycles. The van der Waals surface area contributed by atoms with Gasteiger partial charge in [-0.1, -0.05) is 29.8 Å². The summed E-state index contributed by atoms with van der Waals surface area (Å²) in [5.74, 6) is -0.166. The number of nitrogens with one attached hydrogen (secondary N) is 3. The molecule has 0 saturated heterocycles. The topological polar surface area (TPSA) is 73.9 Å². The fourth-order valence-corrected chi connectivity index (χ4v) is 2.48. The molecule has 0 spiro atoms. The molecule has 0 bridgehead atoms. The van der Waals surface area contributed by atoms with Gasteiger partial charge in [-0.15, -0.1) is 0 Å². The molecule has 0 radical (unpaired) electrons. The van der Waals surface area contributed by atoms with E-state index in [-0.39, 0.29) is 5.96 Å². The third-order valence-corrected chi connectivity index (χ3v) is 3.18. The molecule has 1 rings (SSSR count). The fourth-order valence-electron chi connectivity index (χ4n) is 1.71. The van der Waals surface area contributed by atoms with Gasteiger partial charge in [0.1, 0.15) is 0 Å². The highest BCUT2D eigenvalue weighted by Crippen LogP contribution is 2.27. The van der Waals surface area contributed by atoms with E-state index in [0.717, 1.165) is 23.0 Å². The molecular weight excluding hydrogens is 312 g/mol. The van der Waals surface area contributed by atoms with Crippen LogP contribution in [0.5, 0.6) is 0 Å². The Bertz CT molecular complexity index is 448. The van der Waals surface area contributed by atoms with Crippen molar-refractivity contribution in [2.75, 3.05) is 5.32 Å². The summed E-state index contributed by atoms with van der Waals surface area (Å²) in [6.45, 7) is 4.18. The summed E-state index contributed by atoms with van der Waals surface area (Å²) in [6.07, 6.45) is 1.80. The second-order valence-corrected chi connectivity index (χ2v) is 5.12. The van der Waals surface area contributed by atoms with Gasteiger partial charge in [0.2, 0.25) is 0 Å². The summed E-state index contributed by atoms with van der Waals surface area (Å²) in [5.41, 5.74) is 8.60. The Kier molecular flexibility index (Phi) is 5.55. The molecule has 0 aliphatic rings. The molecule has 0 aliphatic carbocycles. The normalized spacial score (nSPS) is 9.94. The maximum absolute atomic E-state index is 7.15. The van der Waals surface area contributed by atoms with Crippen LogP contribution in [0.1, 0.15) is 25.0 Å². The second-order valence-electron chi connectivity index (χ2n) is 3.80. The number of anilines is 1. The van der Waals surface area contributed by atoms with E-state index < -0.39 is 0 Å². The fraction of sp³-hybridized carbons (Fsp3) is 0.333. The molecule has 0 fully saturated rings. The number of hydrogen-bond acceptors (Lipinski definition) is 2. The van der Waals surface area contributed by atoms with Crippen molar-refractivity contribution < 1.29 is 0 Å². The highest BCUT2D eigenvalue weighted by Gasteiger charge is 2.10. The average molecular weight is 329 g/mol. The Hall–Kier alpha value is -1.14. The largest absolute Gasteiger partial charge is 0.370 e. The molecule has 0 heterocycles. The van der Waals surface area contributed by atoms with E-state index in [1.54, 1.807) is 0 Å². The maximum Gasteiger partial charge on any atom is 0.192 e. The van der Waals surface area contributed by atoms with Crippen LogP contribution in [0.15, 0.2) is 16.6 Å². The monoisotopic (exact) mass is 328 g/mol. The van der Waals surface area contributed by atoms with Crippen molar-refractivity contribution in [3.8, 4) is 0 Å². The van der Waals surface area contributed by atoms with Crippen molar-refractivity contribution in [1.82, 2.24) is 5.32 Å². The van der Waals surface area contributed by atoms with Gasteiger partial charge in [0, 0.05) is 10.2 Å². The van der Waals surface area contributed by atoms with Gasteiger partial charge in [0.15, 0.2) is 11.1 Å². The predicted octanol–water partition coefficient (Wildman–Crippen LogP) is 2.75. The van der Waals surface area contributed by atoms with Gasteiger partial charge in [0.25, 0.3) is 0 Å². The highest BCUT2D eigenvalue weighted by atomic mass is 79.9. The minimum Gasteiger partial charge on any atom is -0.370 e. The number of rotatable bonds is 3. The first-order valence-electron chi connectivity index (χ1n) is 5.71. The molecule has 6 heteroatoms. The van der Waals surface area contributed by atoms with Crippen molar-refractivity contribution >= 4 is 44.9 Å². The van der Waals surface area contributed by atoms with Gasteiger partial charge in [-0.2, -0.15) is 0 Å². The Morgan fingerprint density at radius 3 is 2.22 bits per heavy atom. The van der Waals surface area contributed by atoms with Gasteiger partial charge in [0.05, 0.1) is 0 Å². The lowest BCUT2D eigenvalue weighted by atomic mass is 10.0. The van der Waals surface area contributed by atoms with Crippen molar-refractivity contribution in [2.45, 2.75) is 26.7 Å². The van der Waals surface area contributed by atoms with Crippen LogP contribution in [-0.4, -0.2) is 11.1 Å². The molecule has 18 heavy (non-hydrogen) atoms. The van der Waals surface area contributed by atoms with Crippen LogP contribution in [0, 0.1) is 5.41 Å². The average Bonchev–Trinajstić information content (AvgIpc) is 2.29. The third-order valence-electron chi connectivity index (χ3n) is 2.51. The zero-order chi connectivity index (χ0) is 13.7. The number of nitrogens with two attached hydrogens (primary N) is 1. The van der Waals surface area contributed by atoms with Gasteiger partial charge in [-0.25, -0.2) is 0 Å². The second kappa shape index (κ2) is 6.70. The molecule has 0 unspecified atom stereocenters.